The first-order valence-electron chi connectivity index (χ1n) is 5.69. The molecule has 0 saturated heterocycles. The van der Waals surface area contributed by atoms with Crippen LogP contribution < -0.4 is 5.32 Å². The second-order valence-corrected chi connectivity index (χ2v) is 4.58. The molecule has 7 heteroatoms. The molecule has 18 heavy (non-hydrogen) atoms. The van der Waals surface area contributed by atoms with E-state index in [-0.39, 0.29) is 17.9 Å². The minimum atomic E-state index is -4.42. The predicted octanol–water partition coefficient (Wildman–Crippen LogP) is 1.20. The van der Waals surface area contributed by atoms with E-state index in [1.165, 1.54) is 0 Å². The van der Waals surface area contributed by atoms with E-state index in [2.05, 4.69) is 15.3 Å². The van der Waals surface area contributed by atoms with Crippen molar-refractivity contribution in [3.05, 3.63) is 22.8 Å². The molecule has 1 aromatic rings. The van der Waals surface area contributed by atoms with Gasteiger partial charge >= 0.3 is 6.18 Å². The minimum Gasteiger partial charge on any atom is -0.312 e. The van der Waals surface area contributed by atoms with Crippen molar-refractivity contribution in [2.75, 3.05) is 20.6 Å². The number of nitrogens with zero attached hydrogens (tertiary/aromatic N) is 3. The Labute approximate surface area is 103 Å². The maximum absolute atomic E-state index is 13.0. The van der Waals surface area contributed by atoms with Crippen LogP contribution in [-0.2, 0) is 25.7 Å². The topological polar surface area (TPSA) is 41.1 Å². The van der Waals surface area contributed by atoms with Crippen LogP contribution in [-0.4, -0.2) is 35.5 Å². The number of hydrogen-bond acceptors (Lipinski definition) is 4. The zero-order valence-corrected chi connectivity index (χ0v) is 10.3. The van der Waals surface area contributed by atoms with Crippen molar-refractivity contribution in [3.8, 4) is 0 Å². The van der Waals surface area contributed by atoms with Gasteiger partial charge in [-0.05, 0) is 14.1 Å². The predicted molar refractivity (Wildman–Crippen MR) is 59.8 cm³/mol. The number of rotatable bonds is 2. The highest BCUT2D eigenvalue weighted by atomic mass is 19.4. The quantitative estimate of drug-likeness (QED) is 0.867. The summed E-state index contributed by atoms with van der Waals surface area (Å²) in [5, 5.41) is 2.92. The van der Waals surface area contributed by atoms with Crippen molar-refractivity contribution >= 4 is 0 Å². The highest BCUT2D eigenvalue weighted by Gasteiger charge is 2.37. The highest BCUT2D eigenvalue weighted by Crippen LogP contribution is 2.32. The Balaban J connectivity index is 2.48. The monoisotopic (exact) mass is 260 g/mol. The summed E-state index contributed by atoms with van der Waals surface area (Å²) in [5.74, 6) is 0.230. The van der Waals surface area contributed by atoms with E-state index in [1.54, 1.807) is 19.0 Å². The standard InChI is InChI=1S/C11H15F3N4/c1-18(2)6-9-16-8-3-4-15-5-7(8)10(17-9)11(12,13)14/h15H,3-6H2,1-2H3. The summed E-state index contributed by atoms with van der Waals surface area (Å²) >= 11 is 0. The molecule has 1 N–H and O–H groups in total. The average Bonchev–Trinajstić information content (AvgIpc) is 2.25. The number of halogens is 3. The van der Waals surface area contributed by atoms with Crippen molar-refractivity contribution in [1.82, 2.24) is 20.2 Å². The van der Waals surface area contributed by atoms with E-state index in [9.17, 15) is 13.2 Å². The van der Waals surface area contributed by atoms with Gasteiger partial charge in [-0.15, -0.1) is 0 Å². The number of hydrogen-bond donors (Lipinski definition) is 1. The fraction of sp³-hybridized carbons (Fsp3) is 0.636. The molecule has 0 aromatic carbocycles. The fourth-order valence-corrected chi connectivity index (χ4v) is 1.98. The van der Waals surface area contributed by atoms with Crippen molar-refractivity contribution in [1.29, 1.82) is 0 Å². The Bertz CT molecular complexity index is 443. The lowest BCUT2D eigenvalue weighted by Crippen LogP contribution is -2.30. The van der Waals surface area contributed by atoms with Crippen LogP contribution in [0.4, 0.5) is 13.2 Å². The van der Waals surface area contributed by atoms with Gasteiger partial charge in [-0.25, -0.2) is 9.97 Å². The Hall–Kier alpha value is -1.21. The summed E-state index contributed by atoms with van der Waals surface area (Å²) in [6, 6.07) is 0. The third-order valence-electron chi connectivity index (χ3n) is 2.71. The van der Waals surface area contributed by atoms with E-state index in [0.717, 1.165) is 0 Å². The summed E-state index contributed by atoms with van der Waals surface area (Å²) < 4.78 is 38.9. The molecule has 1 aromatic heterocycles. The second-order valence-electron chi connectivity index (χ2n) is 4.58. The van der Waals surface area contributed by atoms with E-state index in [0.29, 0.717) is 25.2 Å². The third kappa shape index (κ3) is 2.78. The molecule has 2 rings (SSSR count). The lowest BCUT2D eigenvalue weighted by Gasteiger charge is -2.21. The van der Waals surface area contributed by atoms with E-state index in [1.807, 2.05) is 0 Å². The fourth-order valence-electron chi connectivity index (χ4n) is 1.98. The molecule has 0 saturated carbocycles. The SMILES string of the molecule is CN(C)Cc1nc2c(c(C(F)(F)F)n1)CNCC2. The lowest BCUT2D eigenvalue weighted by atomic mass is 10.0. The summed E-state index contributed by atoms with van der Waals surface area (Å²) in [7, 11) is 3.55. The normalized spacial score (nSPS) is 15.9. The molecule has 4 nitrogen and oxygen atoms in total. The third-order valence-corrected chi connectivity index (χ3v) is 2.71. The van der Waals surface area contributed by atoms with Crippen molar-refractivity contribution in [2.45, 2.75) is 25.7 Å². The number of alkyl halides is 3. The van der Waals surface area contributed by atoms with Crippen LogP contribution in [0.5, 0.6) is 0 Å². The molecule has 0 spiro atoms. The van der Waals surface area contributed by atoms with E-state index < -0.39 is 11.9 Å². The molecule has 2 heterocycles. The average molecular weight is 260 g/mol. The Morgan fingerprint density at radius 1 is 1.28 bits per heavy atom. The van der Waals surface area contributed by atoms with Crippen molar-refractivity contribution in [3.63, 3.8) is 0 Å². The first-order valence-corrected chi connectivity index (χ1v) is 5.69. The summed E-state index contributed by atoms with van der Waals surface area (Å²) in [6.45, 7) is 1.15. The molecule has 1 aliphatic rings. The Morgan fingerprint density at radius 2 is 2.00 bits per heavy atom. The van der Waals surface area contributed by atoms with Crippen LogP contribution >= 0.6 is 0 Å². The van der Waals surface area contributed by atoms with Gasteiger partial charge in [0.15, 0.2) is 5.69 Å². The maximum Gasteiger partial charge on any atom is 0.433 e. The van der Waals surface area contributed by atoms with Crippen LogP contribution in [0.2, 0.25) is 0 Å². The van der Waals surface area contributed by atoms with Gasteiger partial charge in [0.05, 0.1) is 12.2 Å². The van der Waals surface area contributed by atoms with Crippen LogP contribution in [0.25, 0.3) is 0 Å². The van der Waals surface area contributed by atoms with Crippen LogP contribution in [0.3, 0.4) is 0 Å². The molecule has 100 valence electrons. The van der Waals surface area contributed by atoms with Crippen molar-refractivity contribution < 1.29 is 13.2 Å². The molecular weight excluding hydrogens is 245 g/mol. The van der Waals surface area contributed by atoms with Gasteiger partial charge in [-0.1, -0.05) is 0 Å². The first kappa shape index (κ1) is 13.2. The summed E-state index contributed by atoms with van der Waals surface area (Å²) in [6.07, 6.45) is -3.91. The molecule has 0 aliphatic carbocycles. The summed E-state index contributed by atoms with van der Waals surface area (Å²) in [5.41, 5.74) is -0.0827. The zero-order chi connectivity index (χ0) is 13.3. The Morgan fingerprint density at radius 3 is 2.61 bits per heavy atom. The van der Waals surface area contributed by atoms with Gasteiger partial charge in [0.25, 0.3) is 0 Å². The van der Waals surface area contributed by atoms with Crippen LogP contribution in [0.15, 0.2) is 0 Å². The number of aromatic nitrogens is 2. The molecule has 0 amide bonds. The highest BCUT2D eigenvalue weighted by molar-refractivity contribution is 5.30. The van der Waals surface area contributed by atoms with E-state index in [4.69, 9.17) is 0 Å². The lowest BCUT2D eigenvalue weighted by molar-refractivity contribution is -0.142. The van der Waals surface area contributed by atoms with Gasteiger partial charge in [-0.3, -0.25) is 0 Å². The Kier molecular flexibility index (Phi) is 3.54. The van der Waals surface area contributed by atoms with Crippen LogP contribution in [0.1, 0.15) is 22.8 Å². The first-order chi connectivity index (χ1) is 8.38. The van der Waals surface area contributed by atoms with Gasteiger partial charge in [0.1, 0.15) is 5.82 Å². The molecule has 0 radical (unpaired) electrons. The largest absolute Gasteiger partial charge is 0.433 e. The van der Waals surface area contributed by atoms with Gasteiger partial charge in [0.2, 0.25) is 0 Å². The van der Waals surface area contributed by atoms with E-state index >= 15 is 0 Å². The minimum absolute atomic E-state index is 0.187. The molecule has 0 bridgehead atoms. The van der Waals surface area contributed by atoms with Crippen molar-refractivity contribution in [2.24, 2.45) is 0 Å². The molecule has 0 unspecified atom stereocenters. The maximum atomic E-state index is 13.0. The summed E-state index contributed by atoms with van der Waals surface area (Å²) in [4.78, 5) is 9.67. The number of fused-ring (bicyclic) bond motifs is 1. The van der Waals surface area contributed by atoms with Gasteiger partial charge < -0.3 is 10.2 Å². The van der Waals surface area contributed by atoms with Gasteiger partial charge in [0, 0.05) is 25.1 Å². The zero-order valence-electron chi connectivity index (χ0n) is 10.3. The van der Waals surface area contributed by atoms with Gasteiger partial charge in [-0.2, -0.15) is 13.2 Å². The van der Waals surface area contributed by atoms with Crippen LogP contribution in [0, 0.1) is 0 Å². The molecular formula is C11H15F3N4. The molecule has 0 atom stereocenters. The second kappa shape index (κ2) is 4.81. The smallest absolute Gasteiger partial charge is 0.312 e. The molecule has 1 aliphatic heterocycles. The number of nitrogens with one attached hydrogen (secondary N) is 1. The molecule has 0 fully saturated rings.